The van der Waals surface area contributed by atoms with E-state index in [2.05, 4.69) is 275 Å². The van der Waals surface area contributed by atoms with Crippen LogP contribution in [0.25, 0.3) is 95.0 Å². The minimum absolute atomic E-state index is 0.0800. The molecule has 7 heteroatoms. The van der Waals surface area contributed by atoms with E-state index < -0.39 is 0 Å². The van der Waals surface area contributed by atoms with Gasteiger partial charge in [-0.05, 0) is 123 Å². The topological polar surface area (TPSA) is 50.1 Å². The Balaban J connectivity index is 0.856. The van der Waals surface area contributed by atoms with E-state index in [9.17, 15) is 0 Å². The second-order valence-electron chi connectivity index (χ2n) is 21.1. The van der Waals surface area contributed by atoms with Crippen molar-refractivity contribution >= 4 is 79.0 Å². The second-order valence-corrected chi connectivity index (χ2v) is 21.1. The van der Waals surface area contributed by atoms with Crippen LogP contribution in [-0.4, -0.2) is 26.2 Å². The zero-order chi connectivity index (χ0) is 54.1. The van der Waals surface area contributed by atoms with E-state index in [0.717, 1.165) is 78.0 Å². The molecule has 6 nitrogen and oxygen atoms in total. The van der Waals surface area contributed by atoms with Gasteiger partial charge in [0.25, 0.3) is 6.71 Å². The fraction of sp³-hybridized carbons (Fsp3) is 0. The predicted molar refractivity (Wildman–Crippen MR) is 341 cm³/mol. The number of hydrogen-bond donors (Lipinski definition) is 0. The average molecular weight is 1050 g/mol. The van der Waals surface area contributed by atoms with E-state index in [1.165, 1.54) is 50.1 Å². The molecule has 12 aromatic carbocycles. The van der Waals surface area contributed by atoms with Crippen LogP contribution < -0.4 is 26.2 Å². The first-order chi connectivity index (χ1) is 40.7. The van der Waals surface area contributed by atoms with Crippen LogP contribution in [0.4, 0.5) is 34.1 Å². The Morgan fingerprint density at radius 1 is 0.268 bits per heavy atom. The summed E-state index contributed by atoms with van der Waals surface area (Å²) in [5.74, 6) is 1.81. The molecule has 0 spiro atoms. The Kier molecular flexibility index (Phi) is 11.2. The summed E-state index contributed by atoms with van der Waals surface area (Å²) in [6.07, 6.45) is 0. The van der Waals surface area contributed by atoms with Gasteiger partial charge in [0.2, 0.25) is 0 Å². The van der Waals surface area contributed by atoms with E-state index >= 15 is 0 Å². The fourth-order valence-electron chi connectivity index (χ4n) is 12.8. The van der Waals surface area contributed by atoms with Crippen molar-refractivity contribution in [2.75, 3.05) is 9.80 Å². The summed E-state index contributed by atoms with van der Waals surface area (Å²) in [5, 5.41) is 2.33. The second kappa shape index (κ2) is 19.5. The van der Waals surface area contributed by atoms with Gasteiger partial charge in [0.1, 0.15) is 0 Å². The molecule has 0 N–H and O–H groups in total. The number of para-hydroxylation sites is 5. The molecule has 2 aliphatic rings. The summed E-state index contributed by atoms with van der Waals surface area (Å²) < 4.78 is 2.43. The molecule has 82 heavy (non-hydrogen) atoms. The van der Waals surface area contributed by atoms with Gasteiger partial charge in [0.05, 0.1) is 16.7 Å². The van der Waals surface area contributed by atoms with E-state index in [1.54, 1.807) is 0 Å². The predicted octanol–water partition coefficient (Wildman–Crippen LogP) is 17.1. The van der Waals surface area contributed by atoms with Gasteiger partial charge in [-0.25, -0.2) is 15.0 Å². The van der Waals surface area contributed by atoms with Gasteiger partial charge in [0, 0.05) is 67.2 Å². The first kappa shape index (κ1) is 47.1. The summed E-state index contributed by atoms with van der Waals surface area (Å²) in [5.41, 5.74) is 23.5. The molecule has 0 atom stereocenters. The summed E-state index contributed by atoms with van der Waals surface area (Å²) >= 11 is 0. The minimum Gasteiger partial charge on any atom is -0.311 e. The number of hydrogen-bond acceptors (Lipinski definition) is 5. The maximum Gasteiger partial charge on any atom is 0.252 e. The average Bonchev–Trinajstić information content (AvgIpc) is 3.44. The van der Waals surface area contributed by atoms with E-state index in [4.69, 9.17) is 15.0 Å². The van der Waals surface area contributed by atoms with Crippen molar-refractivity contribution in [3.8, 4) is 73.2 Å². The maximum atomic E-state index is 5.36. The van der Waals surface area contributed by atoms with Crippen LogP contribution in [0.2, 0.25) is 0 Å². The van der Waals surface area contributed by atoms with Gasteiger partial charge < -0.3 is 14.4 Å². The molecule has 2 aromatic heterocycles. The molecule has 0 unspecified atom stereocenters. The van der Waals surface area contributed by atoms with Crippen molar-refractivity contribution in [3.63, 3.8) is 0 Å². The lowest BCUT2D eigenvalue weighted by molar-refractivity contribution is 1.06. The minimum atomic E-state index is 0.0800. The Morgan fingerprint density at radius 3 is 1.37 bits per heavy atom. The third-order valence-electron chi connectivity index (χ3n) is 16.4. The van der Waals surface area contributed by atoms with Gasteiger partial charge in [-0.1, -0.05) is 218 Å². The Hall–Kier alpha value is -10.9. The number of rotatable bonds is 9. The van der Waals surface area contributed by atoms with Gasteiger partial charge >= 0.3 is 0 Å². The summed E-state index contributed by atoms with van der Waals surface area (Å²) in [6, 6.07) is 107. The van der Waals surface area contributed by atoms with Gasteiger partial charge in [0.15, 0.2) is 17.5 Å². The number of anilines is 6. The number of benzene rings is 12. The van der Waals surface area contributed by atoms with Crippen molar-refractivity contribution < 1.29 is 0 Å². The normalized spacial score (nSPS) is 12.3. The van der Waals surface area contributed by atoms with Crippen LogP contribution in [-0.2, 0) is 0 Å². The Labute approximate surface area is 476 Å². The van der Waals surface area contributed by atoms with Crippen molar-refractivity contribution in [1.82, 2.24) is 19.5 Å². The molecule has 0 saturated carbocycles. The summed E-state index contributed by atoms with van der Waals surface area (Å²) in [4.78, 5) is 20.7. The Morgan fingerprint density at radius 2 is 0.707 bits per heavy atom. The zero-order valence-corrected chi connectivity index (χ0v) is 44.6. The van der Waals surface area contributed by atoms with E-state index in [-0.39, 0.29) is 6.71 Å². The third kappa shape index (κ3) is 7.77. The lowest BCUT2D eigenvalue weighted by atomic mass is 9.33. The van der Waals surface area contributed by atoms with Crippen molar-refractivity contribution in [2.24, 2.45) is 0 Å². The van der Waals surface area contributed by atoms with Crippen molar-refractivity contribution in [3.05, 3.63) is 297 Å². The highest BCUT2D eigenvalue weighted by molar-refractivity contribution is 7.00. The molecule has 0 amide bonds. The first-order valence-electron chi connectivity index (χ1n) is 28.0. The Bertz CT molecular complexity index is 4700. The highest BCUT2D eigenvalue weighted by Gasteiger charge is 2.42. The molecule has 382 valence electrons. The quantitative estimate of drug-likeness (QED) is 0.135. The van der Waals surface area contributed by atoms with Crippen molar-refractivity contribution in [2.45, 2.75) is 0 Å². The molecule has 14 aromatic rings. The standard InChI is InChI=1S/C75H49BN6/c1-5-22-50(23-6-1)55-44-47-66-62(49-55)60-32-13-16-37-65(60)82(66)72-59(33-20-34-61(72)75-78-73(52-24-7-2-8-25-52)77-74(79-75)53-26-9-3-10-27-53)56-29-19-28-54(48-56)51-42-45-58(46-43-51)81-68-39-18-15-36-64(68)76-63-35-14-17-38-67(63)80(57-30-11-4-12-31-57)69-40-21-41-70(81)71(69)76/h1-49H. The highest BCUT2D eigenvalue weighted by Crippen LogP contribution is 2.46. The molecule has 0 bridgehead atoms. The molecule has 0 saturated heterocycles. The van der Waals surface area contributed by atoms with Crippen LogP contribution in [0.3, 0.4) is 0 Å². The van der Waals surface area contributed by atoms with Crippen LogP contribution in [0.15, 0.2) is 297 Å². The zero-order valence-electron chi connectivity index (χ0n) is 44.6. The van der Waals surface area contributed by atoms with Gasteiger partial charge in [-0.3, -0.25) is 0 Å². The van der Waals surface area contributed by atoms with Gasteiger partial charge in [-0.2, -0.15) is 0 Å². The van der Waals surface area contributed by atoms with Gasteiger partial charge in [-0.15, -0.1) is 0 Å². The number of fused-ring (bicyclic) bond motifs is 7. The molecule has 0 radical (unpaired) electrons. The fourth-order valence-corrected chi connectivity index (χ4v) is 12.8. The van der Waals surface area contributed by atoms with Crippen LogP contribution in [0.1, 0.15) is 0 Å². The third-order valence-corrected chi connectivity index (χ3v) is 16.4. The molecule has 2 aliphatic heterocycles. The molecule has 4 heterocycles. The monoisotopic (exact) mass is 1040 g/mol. The molecule has 0 aliphatic carbocycles. The SMILES string of the molecule is c1ccc(-c2ccc3c(c2)c2ccccc2n3-c2c(-c3cccc(-c4ccc(N5c6ccccc6B6c7ccccc7N(c7ccccc7)c7cccc5c76)cc4)c3)cccc2-c2nc(-c3ccccc3)nc(-c3ccccc3)n2)cc1. The van der Waals surface area contributed by atoms with E-state index in [1.807, 2.05) is 36.4 Å². The largest absolute Gasteiger partial charge is 0.311 e. The van der Waals surface area contributed by atoms with Crippen LogP contribution >= 0.6 is 0 Å². The highest BCUT2D eigenvalue weighted by atomic mass is 15.2. The maximum absolute atomic E-state index is 5.36. The van der Waals surface area contributed by atoms with Crippen LogP contribution in [0.5, 0.6) is 0 Å². The number of nitrogens with zero attached hydrogens (tertiary/aromatic N) is 6. The lowest BCUT2D eigenvalue weighted by Crippen LogP contribution is -2.61. The summed E-state index contributed by atoms with van der Waals surface area (Å²) in [6.45, 7) is 0.0800. The molecule has 16 rings (SSSR count). The summed E-state index contributed by atoms with van der Waals surface area (Å²) in [7, 11) is 0. The lowest BCUT2D eigenvalue weighted by Gasteiger charge is -2.44. The first-order valence-corrected chi connectivity index (χ1v) is 28.0. The van der Waals surface area contributed by atoms with E-state index in [0.29, 0.717) is 17.5 Å². The molecular weight excluding hydrogens is 996 g/mol. The smallest absolute Gasteiger partial charge is 0.252 e. The van der Waals surface area contributed by atoms with Crippen LogP contribution in [0, 0.1) is 0 Å². The number of aromatic nitrogens is 4. The molecular formula is C75H49BN6. The van der Waals surface area contributed by atoms with Crippen molar-refractivity contribution in [1.29, 1.82) is 0 Å². The molecule has 0 fully saturated rings.